The monoisotopic (exact) mass is 404 g/mol. The van der Waals surface area contributed by atoms with Crippen LogP contribution in [-0.2, 0) is 16.0 Å². The van der Waals surface area contributed by atoms with Crippen LogP contribution in [0, 0.1) is 47.3 Å². The molecule has 0 saturated heterocycles. The summed E-state index contributed by atoms with van der Waals surface area (Å²) in [6.07, 6.45) is 20.2. The zero-order valence-electron chi connectivity index (χ0n) is 18.3. The quantitative estimate of drug-likeness (QED) is 0.277. The second-order valence-electron chi connectivity index (χ2n) is 10.1. The highest BCUT2D eigenvalue weighted by Crippen LogP contribution is 2.67. The Balaban J connectivity index is 1.08. The topological polar surface area (TPSA) is 26.3 Å². The average molecular weight is 405 g/mol. The van der Waals surface area contributed by atoms with E-state index in [2.05, 4.69) is 54.6 Å². The molecule has 30 heavy (non-hydrogen) atoms. The molecule has 2 heteroatoms. The van der Waals surface area contributed by atoms with Crippen LogP contribution in [0.5, 0.6) is 0 Å². The summed E-state index contributed by atoms with van der Waals surface area (Å²) in [5.41, 5.74) is 1.48. The number of aryl methyl sites for hydroxylation is 1. The summed E-state index contributed by atoms with van der Waals surface area (Å²) in [5.74, 6) is 5.07. The van der Waals surface area contributed by atoms with Gasteiger partial charge in [0.05, 0.1) is 13.0 Å². The molecule has 2 fully saturated rings. The molecule has 1 aromatic carbocycles. The zero-order chi connectivity index (χ0) is 20.5. The molecule has 160 valence electrons. The van der Waals surface area contributed by atoms with Crippen molar-refractivity contribution >= 4 is 5.97 Å². The summed E-state index contributed by atoms with van der Waals surface area (Å²) in [7, 11) is 1.52. The molecule has 0 radical (unpaired) electrons. The summed E-state index contributed by atoms with van der Waals surface area (Å²) < 4.78 is 5.08. The van der Waals surface area contributed by atoms with E-state index in [-0.39, 0.29) is 11.9 Å². The number of carbonyl (C=O) groups excluding carboxylic acids is 1. The molecule has 0 aromatic heterocycles. The number of carbonyl (C=O) groups is 1. The first-order valence-corrected chi connectivity index (χ1v) is 12.3. The molecular formula is C28H36O2. The molecule has 0 N–H and O–H groups in total. The van der Waals surface area contributed by atoms with Crippen LogP contribution in [0.4, 0.5) is 0 Å². The van der Waals surface area contributed by atoms with Crippen molar-refractivity contribution in [2.24, 2.45) is 47.3 Å². The van der Waals surface area contributed by atoms with E-state index >= 15 is 0 Å². The molecule has 2 saturated carbocycles. The lowest BCUT2D eigenvalue weighted by atomic mass is 9.50. The van der Waals surface area contributed by atoms with E-state index in [1.807, 2.05) is 0 Å². The summed E-state index contributed by atoms with van der Waals surface area (Å²) in [6, 6.07) is 10.9. The molecule has 0 heterocycles. The van der Waals surface area contributed by atoms with Crippen molar-refractivity contribution in [3.8, 4) is 0 Å². The van der Waals surface area contributed by atoms with Gasteiger partial charge in [-0.25, -0.2) is 0 Å². The van der Waals surface area contributed by atoms with Gasteiger partial charge in [-0.3, -0.25) is 4.79 Å². The Kier molecular flexibility index (Phi) is 5.85. The molecule has 0 amide bonds. The molecule has 1 aromatic rings. The fourth-order valence-corrected chi connectivity index (χ4v) is 7.44. The van der Waals surface area contributed by atoms with Crippen LogP contribution < -0.4 is 0 Å². The van der Waals surface area contributed by atoms with Gasteiger partial charge in [-0.2, -0.15) is 0 Å². The SMILES string of the molecule is COC(=O)[C@H]1C=CC2C[C@H]3[C@H](CCCCCCCc4ccccc4)[C@@H]4C=C[C@@H]1[C@H]2[C@@H]43. The first kappa shape index (κ1) is 20.1. The Hall–Kier alpha value is -1.83. The minimum atomic E-state index is -0.0536. The summed E-state index contributed by atoms with van der Waals surface area (Å²) in [4.78, 5) is 12.2. The predicted octanol–water partition coefficient (Wildman–Crippen LogP) is 6.23. The van der Waals surface area contributed by atoms with Gasteiger partial charge in [-0.15, -0.1) is 0 Å². The maximum atomic E-state index is 12.2. The minimum absolute atomic E-state index is 0.0515. The van der Waals surface area contributed by atoms with Gasteiger partial charge in [0.2, 0.25) is 0 Å². The van der Waals surface area contributed by atoms with E-state index in [0.29, 0.717) is 17.8 Å². The van der Waals surface area contributed by atoms with Crippen molar-refractivity contribution in [2.45, 2.75) is 51.4 Å². The lowest BCUT2D eigenvalue weighted by Crippen LogP contribution is -2.50. The van der Waals surface area contributed by atoms with Gasteiger partial charge in [-0.1, -0.05) is 80.3 Å². The highest BCUT2D eigenvalue weighted by molar-refractivity contribution is 5.75. The zero-order valence-corrected chi connectivity index (χ0v) is 18.3. The van der Waals surface area contributed by atoms with Crippen LogP contribution in [0.15, 0.2) is 54.6 Å². The number of hydrogen-bond donors (Lipinski definition) is 0. The molecule has 0 bridgehead atoms. The van der Waals surface area contributed by atoms with Crippen molar-refractivity contribution in [3.05, 3.63) is 60.2 Å². The van der Waals surface area contributed by atoms with Crippen LogP contribution in [0.1, 0.15) is 50.5 Å². The van der Waals surface area contributed by atoms with Crippen molar-refractivity contribution in [1.82, 2.24) is 0 Å². The maximum absolute atomic E-state index is 12.2. The molecule has 0 aliphatic heterocycles. The third kappa shape index (κ3) is 3.57. The van der Waals surface area contributed by atoms with Gasteiger partial charge >= 0.3 is 5.97 Å². The van der Waals surface area contributed by atoms with Crippen LogP contribution >= 0.6 is 0 Å². The smallest absolute Gasteiger partial charge is 0.313 e. The number of hydrogen-bond acceptors (Lipinski definition) is 2. The Morgan fingerprint density at radius 2 is 1.67 bits per heavy atom. The van der Waals surface area contributed by atoms with Crippen molar-refractivity contribution in [1.29, 1.82) is 0 Å². The fraction of sp³-hybridized carbons (Fsp3) is 0.607. The molecule has 1 unspecified atom stereocenters. The second kappa shape index (κ2) is 8.73. The van der Waals surface area contributed by atoms with Crippen LogP contribution in [0.3, 0.4) is 0 Å². The van der Waals surface area contributed by atoms with Crippen molar-refractivity contribution in [2.75, 3.05) is 7.11 Å². The largest absolute Gasteiger partial charge is 0.469 e. The van der Waals surface area contributed by atoms with E-state index in [0.717, 1.165) is 23.7 Å². The summed E-state index contributed by atoms with van der Waals surface area (Å²) >= 11 is 0. The lowest BCUT2D eigenvalue weighted by Gasteiger charge is -2.54. The average Bonchev–Trinajstić information content (AvgIpc) is 3.13. The summed E-state index contributed by atoms with van der Waals surface area (Å²) in [5, 5.41) is 0. The standard InChI is InChI=1S/C28H36O2/c1-30-28(29)24-15-14-20-18-25-21(22-16-17-23(24)26(20)27(22)25)13-9-4-2-3-6-10-19-11-7-5-8-12-19/h5,7-8,11-12,14-17,20-27H,2-4,6,9-10,13,18H2,1H3/t20?,21-,22+,23+,24+,25+,26+,27+/m1/s1. The molecule has 4 aliphatic rings. The van der Waals surface area contributed by atoms with Gasteiger partial charge in [0.1, 0.15) is 0 Å². The number of ether oxygens (including phenoxy) is 1. The van der Waals surface area contributed by atoms with Crippen molar-refractivity contribution in [3.63, 3.8) is 0 Å². The van der Waals surface area contributed by atoms with E-state index in [4.69, 9.17) is 4.74 Å². The molecule has 5 rings (SSSR count). The van der Waals surface area contributed by atoms with Gasteiger partial charge in [0, 0.05) is 0 Å². The molecule has 8 atom stereocenters. The minimum Gasteiger partial charge on any atom is -0.469 e. The molecule has 2 nitrogen and oxygen atoms in total. The number of benzene rings is 1. The molecular weight excluding hydrogens is 368 g/mol. The fourth-order valence-electron chi connectivity index (χ4n) is 7.44. The number of allylic oxidation sites excluding steroid dienone is 3. The number of rotatable bonds is 9. The predicted molar refractivity (Wildman–Crippen MR) is 121 cm³/mol. The molecule has 4 aliphatic carbocycles. The second-order valence-corrected chi connectivity index (χ2v) is 10.1. The van der Waals surface area contributed by atoms with E-state index in [1.165, 1.54) is 64.0 Å². The van der Waals surface area contributed by atoms with Crippen molar-refractivity contribution < 1.29 is 9.53 Å². The highest BCUT2D eigenvalue weighted by atomic mass is 16.5. The van der Waals surface area contributed by atoms with E-state index < -0.39 is 0 Å². The first-order valence-electron chi connectivity index (χ1n) is 12.3. The van der Waals surface area contributed by atoms with Gasteiger partial charge in [0.25, 0.3) is 0 Å². The van der Waals surface area contributed by atoms with Gasteiger partial charge < -0.3 is 4.74 Å². The number of methoxy groups -OCH3 is 1. The maximum Gasteiger partial charge on any atom is 0.313 e. The Labute approximate surface area is 181 Å². The number of esters is 1. The number of unbranched alkanes of at least 4 members (excludes halogenated alkanes) is 4. The van der Waals surface area contributed by atoms with Crippen LogP contribution in [0.25, 0.3) is 0 Å². The lowest BCUT2D eigenvalue weighted by molar-refractivity contribution is -0.146. The van der Waals surface area contributed by atoms with E-state index in [1.54, 1.807) is 0 Å². The van der Waals surface area contributed by atoms with Gasteiger partial charge in [-0.05, 0) is 72.7 Å². The third-order valence-corrected chi connectivity index (χ3v) is 8.77. The molecule has 0 spiro atoms. The van der Waals surface area contributed by atoms with Crippen LogP contribution in [-0.4, -0.2) is 13.1 Å². The normalized spacial score (nSPS) is 37.5. The summed E-state index contributed by atoms with van der Waals surface area (Å²) in [6.45, 7) is 0. The highest BCUT2D eigenvalue weighted by Gasteiger charge is 2.62. The Bertz CT molecular complexity index is 794. The van der Waals surface area contributed by atoms with Gasteiger partial charge in [0.15, 0.2) is 0 Å². The Morgan fingerprint density at radius 1 is 0.900 bits per heavy atom. The Morgan fingerprint density at radius 3 is 2.50 bits per heavy atom. The third-order valence-electron chi connectivity index (χ3n) is 8.77. The van der Waals surface area contributed by atoms with E-state index in [9.17, 15) is 4.79 Å². The first-order chi connectivity index (χ1) is 14.8. The van der Waals surface area contributed by atoms with Crippen LogP contribution in [0.2, 0.25) is 0 Å².